The number of hydrogen-bond donors (Lipinski definition) is 4. The summed E-state index contributed by atoms with van der Waals surface area (Å²) in [6.45, 7) is -0.408. The fourth-order valence-corrected chi connectivity index (χ4v) is 2.02. The molecule has 94 valence electrons. The van der Waals surface area contributed by atoms with Crippen LogP contribution in [0, 0.1) is 0 Å². The van der Waals surface area contributed by atoms with E-state index in [9.17, 15) is 15.3 Å². The maximum absolute atomic E-state index is 9.86. The summed E-state index contributed by atoms with van der Waals surface area (Å²) < 4.78 is 5.41. The molecule has 0 radical (unpaired) electrons. The van der Waals surface area contributed by atoms with E-state index in [1.807, 2.05) is 6.07 Å². The average molecular weight is 240 g/mol. The minimum Gasteiger partial charge on any atom is -0.394 e. The van der Waals surface area contributed by atoms with Crippen LogP contribution in [0.15, 0.2) is 30.3 Å². The van der Waals surface area contributed by atoms with Gasteiger partial charge in [0, 0.05) is 0 Å². The van der Waals surface area contributed by atoms with Gasteiger partial charge in [0.05, 0.1) is 6.61 Å². The lowest BCUT2D eigenvalue weighted by Crippen LogP contribution is -2.55. The molecule has 5 nitrogen and oxygen atoms in total. The van der Waals surface area contributed by atoms with Crippen molar-refractivity contribution in [2.45, 2.75) is 30.5 Å². The van der Waals surface area contributed by atoms with Crippen molar-refractivity contribution in [3.63, 3.8) is 0 Å². The molecule has 1 saturated heterocycles. The zero-order chi connectivity index (χ0) is 12.4. The van der Waals surface area contributed by atoms with Gasteiger partial charge in [-0.3, -0.25) is 0 Å². The van der Waals surface area contributed by atoms with E-state index < -0.39 is 37.1 Å². The number of rotatable bonds is 2. The molecular formula is C12H16O5. The fraction of sp³-hybridized carbons (Fsp3) is 0.500. The normalized spacial score (nSPS) is 38.0. The summed E-state index contributed by atoms with van der Waals surface area (Å²) in [6.07, 6.45) is -5.46. The summed E-state index contributed by atoms with van der Waals surface area (Å²) in [7, 11) is 0. The Morgan fingerprint density at radius 3 is 2.18 bits per heavy atom. The SMILES string of the molecule is OC[C@H]1OC(c2ccccc2)[C@@H](O)[C@@H](O)[C@@H]1O. The third kappa shape index (κ3) is 2.34. The van der Waals surface area contributed by atoms with Crippen molar-refractivity contribution < 1.29 is 25.2 Å². The van der Waals surface area contributed by atoms with Crippen LogP contribution in [-0.4, -0.2) is 51.4 Å². The van der Waals surface area contributed by atoms with Gasteiger partial charge >= 0.3 is 0 Å². The van der Waals surface area contributed by atoms with Crippen molar-refractivity contribution in [2.24, 2.45) is 0 Å². The first-order valence-corrected chi connectivity index (χ1v) is 5.50. The first kappa shape index (κ1) is 12.5. The molecule has 5 atom stereocenters. The molecule has 1 unspecified atom stereocenters. The molecular weight excluding hydrogens is 224 g/mol. The van der Waals surface area contributed by atoms with Crippen molar-refractivity contribution in [2.75, 3.05) is 6.61 Å². The van der Waals surface area contributed by atoms with Crippen molar-refractivity contribution in [1.29, 1.82) is 0 Å². The first-order chi connectivity index (χ1) is 8.15. The van der Waals surface area contributed by atoms with Gasteiger partial charge in [-0.25, -0.2) is 0 Å². The van der Waals surface area contributed by atoms with Crippen LogP contribution in [0.4, 0.5) is 0 Å². The largest absolute Gasteiger partial charge is 0.394 e. The quantitative estimate of drug-likeness (QED) is 0.543. The van der Waals surface area contributed by atoms with Gasteiger partial charge in [0.15, 0.2) is 0 Å². The lowest BCUT2D eigenvalue weighted by atomic mass is 9.91. The van der Waals surface area contributed by atoms with Gasteiger partial charge in [0.1, 0.15) is 30.5 Å². The van der Waals surface area contributed by atoms with Gasteiger partial charge < -0.3 is 25.2 Å². The van der Waals surface area contributed by atoms with Crippen LogP contribution in [0.2, 0.25) is 0 Å². The lowest BCUT2D eigenvalue weighted by molar-refractivity contribution is -0.231. The highest BCUT2D eigenvalue weighted by molar-refractivity contribution is 5.20. The summed E-state index contributed by atoms with van der Waals surface area (Å²) >= 11 is 0. The monoisotopic (exact) mass is 240 g/mol. The molecule has 1 aliphatic heterocycles. The molecule has 0 spiro atoms. The predicted octanol–water partition coefficient (Wildman–Crippen LogP) is -0.799. The second-order valence-corrected chi connectivity index (χ2v) is 4.16. The van der Waals surface area contributed by atoms with Crippen LogP contribution in [-0.2, 0) is 4.74 Å². The van der Waals surface area contributed by atoms with Gasteiger partial charge in [-0.15, -0.1) is 0 Å². The fourth-order valence-electron chi connectivity index (χ4n) is 2.02. The Balaban J connectivity index is 2.23. The van der Waals surface area contributed by atoms with Gasteiger partial charge in [-0.1, -0.05) is 30.3 Å². The Morgan fingerprint density at radius 2 is 1.59 bits per heavy atom. The Kier molecular flexibility index (Phi) is 3.76. The highest BCUT2D eigenvalue weighted by atomic mass is 16.5. The summed E-state index contributed by atoms with van der Waals surface area (Å²) in [4.78, 5) is 0. The Labute approximate surface area is 98.9 Å². The van der Waals surface area contributed by atoms with E-state index in [-0.39, 0.29) is 0 Å². The van der Waals surface area contributed by atoms with Crippen molar-refractivity contribution in [3.05, 3.63) is 35.9 Å². The average Bonchev–Trinajstić information content (AvgIpc) is 2.37. The lowest BCUT2D eigenvalue weighted by Gasteiger charge is -2.40. The van der Waals surface area contributed by atoms with E-state index in [1.54, 1.807) is 24.3 Å². The van der Waals surface area contributed by atoms with E-state index in [4.69, 9.17) is 9.84 Å². The van der Waals surface area contributed by atoms with Gasteiger partial charge in [0.2, 0.25) is 0 Å². The van der Waals surface area contributed by atoms with E-state index in [0.29, 0.717) is 5.56 Å². The smallest absolute Gasteiger partial charge is 0.113 e. The molecule has 0 aliphatic carbocycles. The Hall–Kier alpha value is -0.980. The summed E-state index contributed by atoms with van der Waals surface area (Å²) in [5, 5.41) is 38.2. The highest BCUT2D eigenvalue weighted by Crippen LogP contribution is 2.31. The number of benzene rings is 1. The summed E-state index contributed by atoms with van der Waals surface area (Å²) in [5.74, 6) is 0. The molecule has 5 heteroatoms. The molecule has 1 heterocycles. The molecule has 0 bridgehead atoms. The highest BCUT2D eigenvalue weighted by Gasteiger charge is 2.43. The molecule has 17 heavy (non-hydrogen) atoms. The van der Waals surface area contributed by atoms with Crippen LogP contribution in [0.3, 0.4) is 0 Å². The van der Waals surface area contributed by atoms with Crippen molar-refractivity contribution in [1.82, 2.24) is 0 Å². The second-order valence-electron chi connectivity index (χ2n) is 4.16. The molecule has 1 fully saturated rings. The topological polar surface area (TPSA) is 90.2 Å². The standard InChI is InChI=1S/C12H16O5/c13-6-8-9(14)10(15)11(16)12(17-8)7-4-2-1-3-5-7/h1-5,8-16H,6H2/t8-,9-,10+,11+,12?/m1/s1. The third-order valence-electron chi connectivity index (χ3n) is 3.02. The van der Waals surface area contributed by atoms with Crippen LogP contribution < -0.4 is 0 Å². The molecule has 1 aromatic carbocycles. The molecule has 0 aromatic heterocycles. The zero-order valence-corrected chi connectivity index (χ0v) is 9.18. The van der Waals surface area contributed by atoms with E-state index in [0.717, 1.165) is 0 Å². The molecule has 1 aliphatic rings. The number of ether oxygens (including phenoxy) is 1. The van der Waals surface area contributed by atoms with Gasteiger partial charge in [-0.05, 0) is 5.56 Å². The molecule has 2 rings (SSSR count). The number of aliphatic hydroxyl groups is 4. The Bertz CT molecular complexity index is 353. The van der Waals surface area contributed by atoms with Gasteiger partial charge in [-0.2, -0.15) is 0 Å². The maximum Gasteiger partial charge on any atom is 0.113 e. The minimum atomic E-state index is -1.33. The Morgan fingerprint density at radius 1 is 0.941 bits per heavy atom. The molecule has 0 amide bonds. The minimum absolute atomic E-state index is 0.408. The zero-order valence-electron chi connectivity index (χ0n) is 9.18. The second kappa shape index (κ2) is 5.12. The predicted molar refractivity (Wildman–Crippen MR) is 59.2 cm³/mol. The van der Waals surface area contributed by atoms with Crippen molar-refractivity contribution >= 4 is 0 Å². The summed E-state index contributed by atoms with van der Waals surface area (Å²) in [5.41, 5.74) is 0.699. The molecule has 1 aromatic rings. The first-order valence-electron chi connectivity index (χ1n) is 5.50. The van der Waals surface area contributed by atoms with Gasteiger partial charge in [0.25, 0.3) is 0 Å². The van der Waals surface area contributed by atoms with E-state index >= 15 is 0 Å². The van der Waals surface area contributed by atoms with Crippen LogP contribution in [0.1, 0.15) is 11.7 Å². The summed E-state index contributed by atoms with van der Waals surface area (Å²) in [6, 6.07) is 8.92. The van der Waals surface area contributed by atoms with E-state index in [1.165, 1.54) is 0 Å². The molecule has 4 N–H and O–H groups in total. The van der Waals surface area contributed by atoms with Crippen molar-refractivity contribution in [3.8, 4) is 0 Å². The van der Waals surface area contributed by atoms with Crippen LogP contribution in [0.25, 0.3) is 0 Å². The third-order valence-corrected chi connectivity index (χ3v) is 3.02. The maximum atomic E-state index is 9.86. The number of aliphatic hydroxyl groups excluding tert-OH is 4. The van der Waals surface area contributed by atoms with Crippen LogP contribution in [0.5, 0.6) is 0 Å². The molecule has 0 saturated carbocycles. The van der Waals surface area contributed by atoms with E-state index in [2.05, 4.69) is 0 Å². The number of hydrogen-bond acceptors (Lipinski definition) is 5. The van der Waals surface area contributed by atoms with Crippen LogP contribution >= 0.6 is 0 Å².